The van der Waals surface area contributed by atoms with Crippen molar-refractivity contribution in [2.75, 3.05) is 24.5 Å². The minimum atomic E-state index is 0.104. The third-order valence-corrected chi connectivity index (χ3v) is 7.41. The summed E-state index contributed by atoms with van der Waals surface area (Å²) in [4.78, 5) is 23.2. The molecule has 5 heterocycles. The van der Waals surface area contributed by atoms with Crippen molar-refractivity contribution in [3.05, 3.63) is 84.1 Å². The van der Waals surface area contributed by atoms with E-state index >= 15 is 0 Å². The topological polar surface area (TPSA) is 59.4 Å². The van der Waals surface area contributed by atoms with Gasteiger partial charge in [-0.1, -0.05) is 24.3 Å². The van der Waals surface area contributed by atoms with E-state index in [0.717, 1.165) is 59.2 Å². The van der Waals surface area contributed by atoms with Crippen LogP contribution >= 0.6 is 0 Å². The van der Waals surface area contributed by atoms with Gasteiger partial charge in [-0.05, 0) is 35.4 Å². The summed E-state index contributed by atoms with van der Waals surface area (Å²) in [6, 6.07) is 16.2. The summed E-state index contributed by atoms with van der Waals surface area (Å²) in [5.74, 6) is 1.64. The SMILES string of the molecule is [C-]#[N+]c1ccc(-c2cc3n(c2)Cc2cc(N4C[C@H]5CNC[C@H]5C4=O)ccc2-n2ccnc2-3)cc1. The first kappa shape index (κ1) is 19.3. The van der Waals surface area contributed by atoms with Crippen LogP contribution in [0.15, 0.2) is 67.1 Å². The number of imidazole rings is 1. The molecule has 0 bridgehead atoms. The van der Waals surface area contributed by atoms with E-state index in [1.54, 1.807) is 0 Å². The van der Waals surface area contributed by atoms with Gasteiger partial charge in [0.05, 0.1) is 23.9 Å². The van der Waals surface area contributed by atoms with Gasteiger partial charge in [-0.3, -0.25) is 9.36 Å². The summed E-state index contributed by atoms with van der Waals surface area (Å²) in [6.45, 7) is 10.4. The molecule has 2 fully saturated rings. The molecule has 7 heteroatoms. The van der Waals surface area contributed by atoms with Crippen LogP contribution in [-0.2, 0) is 11.3 Å². The Morgan fingerprint density at radius 1 is 1.06 bits per heavy atom. The van der Waals surface area contributed by atoms with Gasteiger partial charge in [-0.2, -0.15) is 0 Å². The largest absolute Gasteiger partial charge is 0.340 e. The smallest absolute Gasteiger partial charge is 0.231 e. The van der Waals surface area contributed by atoms with Crippen molar-refractivity contribution in [3.63, 3.8) is 0 Å². The fourth-order valence-corrected chi connectivity index (χ4v) is 5.66. The van der Waals surface area contributed by atoms with E-state index in [1.165, 1.54) is 0 Å². The zero-order valence-electron chi connectivity index (χ0n) is 18.5. The zero-order chi connectivity index (χ0) is 22.8. The summed E-state index contributed by atoms with van der Waals surface area (Å²) in [6.07, 6.45) is 5.98. The molecule has 166 valence electrons. The van der Waals surface area contributed by atoms with Gasteiger partial charge in [0, 0.05) is 61.9 Å². The summed E-state index contributed by atoms with van der Waals surface area (Å²) < 4.78 is 4.37. The normalized spacial score (nSPS) is 20.3. The van der Waals surface area contributed by atoms with E-state index < -0.39 is 0 Å². The quantitative estimate of drug-likeness (QED) is 0.416. The summed E-state index contributed by atoms with van der Waals surface area (Å²) in [5.41, 5.74) is 7.08. The average Bonchev–Trinajstić information content (AvgIpc) is 3.64. The Bertz CT molecular complexity index is 1490. The van der Waals surface area contributed by atoms with Gasteiger partial charge in [0.15, 0.2) is 11.5 Å². The minimum absolute atomic E-state index is 0.104. The Kier molecular flexibility index (Phi) is 4.08. The number of benzene rings is 2. The van der Waals surface area contributed by atoms with Gasteiger partial charge in [0.2, 0.25) is 5.91 Å². The molecule has 0 radical (unpaired) electrons. The van der Waals surface area contributed by atoms with Gasteiger partial charge in [0.25, 0.3) is 0 Å². The van der Waals surface area contributed by atoms with Crippen LogP contribution in [0.1, 0.15) is 5.56 Å². The molecule has 2 aromatic heterocycles. The molecule has 1 N–H and O–H groups in total. The number of nitrogens with one attached hydrogen (secondary N) is 1. The Labute approximate surface area is 197 Å². The molecule has 2 atom stereocenters. The lowest BCUT2D eigenvalue weighted by Gasteiger charge is -2.20. The van der Waals surface area contributed by atoms with Crippen LogP contribution in [0, 0.1) is 18.4 Å². The standard InChI is InChI=1S/C27H22N6O/c1-28-21-4-2-17(3-5-21)18-11-25-26-30-8-9-32(26)24-7-6-22(10-19(24)15-31(25)14-18)33-16-20-12-29-13-23(20)27(33)34/h2-11,14,20,23,29H,12-13,15-16H2/t20-,23-/m1/s1. The van der Waals surface area contributed by atoms with Crippen LogP contribution in [-0.4, -0.2) is 39.7 Å². The molecular formula is C27H22N6O. The van der Waals surface area contributed by atoms with Crippen molar-refractivity contribution in [3.8, 4) is 28.3 Å². The molecule has 1 amide bonds. The molecule has 7 nitrogen and oxygen atoms in total. The number of carbonyl (C=O) groups is 1. The molecule has 0 saturated carbocycles. The van der Waals surface area contributed by atoms with E-state index in [4.69, 9.17) is 6.57 Å². The first-order valence-corrected chi connectivity index (χ1v) is 11.6. The summed E-state index contributed by atoms with van der Waals surface area (Å²) in [5, 5.41) is 3.35. The number of aromatic nitrogens is 3. The Morgan fingerprint density at radius 3 is 2.76 bits per heavy atom. The number of amides is 1. The minimum Gasteiger partial charge on any atom is -0.340 e. The van der Waals surface area contributed by atoms with Crippen LogP contribution in [0.25, 0.3) is 33.2 Å². The Hall–Kier alpha value is -4.15. The zero-order valence-corrected chi connectivity index (χ0v) is 18.5. The maximum absolute atomic E-state index is 13.0. The van der Waals surface area contributed by atoms with Gasteiger partial charge in [-0.25, -0.2) is 9.83 Å². The lowest BCUT2D eigenvalue weighted by Crippen LogP contribution is -2.30. The van der Waals surface area contributed by atoms with Crippen LogP contribution in [0.3, 0.4) is 0 Å². The van der Waals surface area contributed by atoms with Gasteiger partial charge in [-0.15, -0.1) is 0 Å². The van der Waals surface area contributed by atoms with E-state index in [2.05, 4.69) is 54.7 Å². The van der Waals surface area contributed by atoms with E-state index in [1.807, 2.05) is 41.6 Å². The molecule has 7 rings (SSSR count). The van der Waals surface area contributed by atoms with Gasteiger partial charge >= 0.3 is 0 Å². The van der Waals surface area contributed by atoms with Crippen molar-refractivity contribution < 1.29 is 4.79 Å². The average molecular weight is 447 g/mol. The highest BCUT2D eigenvalue weighted by molar-refractivity contribution is 5.98. The third kappa shape index (κ3) is 2.79. The van der Waals surface area contributed by atoms with Crippen molar-refractivity contribution >= 4 is 17.3 Å². The molecule has 3 aliphatic heterocycles. The molecule has 0 unspecified atom stereocenters. The van der Waals surface area contributed by atoms with Crippen LogP contribution < -0.4 is 10.2 Å². The van der Waals surface area contributed by atoms with Crippen LogP contribution in [0.5, 0.6) is 0 Å². The Morgan fingerprint density at radius 2 is 1.94 bits per heavy atom. The Balaban J connectivity index is 1.30. The number of carbonyl (C=O) groups excluding carboxylic acids is 1. The van der Waals surface area contributed by atoms with Gasteiger partial charge in [0.1, 0.15) is 0 Å². The molecule has 0 spiro atoms. The first-order chi connectivity index (χ1) is 16.7. The predicted octanol–water partition coefficient (Wildman–Crippen LogP) is 4.10. The third-order valence-electron chi connectivity index (χ3n) is 7.41. The highest BCUT2D eigenvalue weighted by Crippen LogP contribution is 2.37. The van der Waals surface area contributed by atoms with Crippen LogP contribution in [0.2, 0.25) is 0 Å². The lowest BCUT2D eigenvalue weighted by atomic mass is 10.0. The predicted molar refractivity (Wildman–Crippen MR) is 130 cm³/mol. The second-order valence-corrected chi connectivity index (χ2v) is 9.31. The molecule has 3 aliphatic rings. The maximum Gasteiger partial charge on any atom is 0.231 e. The number of hydrogen-bond acceptors (Lipinski definition) is 3. The summed E-state index contributed by atoms with van der Waals surface area (Å²) >= 11 is 0. The number of nitrogens with zero attached hydrogens (tertiary/aromatic N) is 5. The molecule has 2 saturated heterocycles. The second-order valence-electron chi connectivity index (χ2n) is 9.31. The van der Waals surface area contributed by atoms with E-state index in [9.17, 15) is 4.79 Å². The summed E-state index contributed by atoms with van der Waals surface area (Å²) in [7, 11) is 0. The second kappa shape index (κ2) is 7.17. The molecule has 34 heavy (non-hydrogen) atoms. The van der Waals surface area contributed by atoms with Gasteiger partial charge < -0.3 is 14.8 Å². The first-order valence-electron chi connectivity index (χ1n) is 11.6. The molecule has 0 aliphatic carbocycles. The van der Waals surface area contributed by atoms with Crippen molar-refractivity contribution in [1.82, 2.24) is 19.4 Å². The van der Waals surface area contributed by atoms with E-state index in [-0.39, 0.29) is 11.8 Å². The highest BCUT2D eigenvalue weighted by Gasteiger charge is 2.43. The van der Waals surface area contributed by atoms with Crippen molar-refractivity contribution in [2.45, 2.75) is 6.54 Å². The number of rotatable bonds is 2. The fourth-order valence-electron chi connectivity index (χ4n) is 5.66. The molecule has 2 aromatic carbocycles. The molecular weight excluding hydrogens is 424 g/mol. The van der Waals surface area contributed by atoms with Crippen molar-refractivity contribution in [1.29, 1.82) is 0 Å². The maximum atomic E-state index is 13.0. The highest BCUT2D eigenvalue weighted by atomic mass is 16.2. The monoisotopic (exact) mass is 446 g/mol. The van der Waals surface area contributed by atoms with Crippen LogP contribution in [0.4, 0.5) is 11.4 Å². The van der Waals surface area contributed by atoms with Crippen molar-refractivity contribution in [2.24, 2.45) is 11.8 Å². The number of hydrogen-bond donors (Lipinski definition) is 1. The molecule has 4 aromatic rings. The van der Waals surface area contributed by atoms with E-state index in [0.29, 0.717) is 18.2 Å². The lowest BCUT2D eigenvalue weighted by molar-refractivity contribution is -0.120. The number of fused-ring (bicyclic) bond motifs is 6. The fraction of sp³-hybridized carbons (Fsp3) is 0.222. The number of anilines is 1.